The van der Waals surface area contributed by atoms with Crippen LogP contribution in [0.15, 0.2) is 111 Å². The number of nitrogens with zero attached hydrogens (tertiary/aromatic N) is 6. The van der Waals surface area contributed by atoms with Crippen LogP contribution in [0.5, 0.6) is 17.5 Å². The number of pyridine rings is 2. The van der Waals surface area contributed by atoms with Gasteiger partial charge in [-0.25, -0.2) is 0 Å². The minimum absolute atomic E-state index is 0.0281. The average Bonchev–Trinajstić information content (AvgIpc) is 3.67. The third-order valence-corrected chi connectivity index (χ3v) is 14.4. The van der Waals surface area contributed by atoms with Crippen LogP contribution in [0.3, 0.4) is 0 Å². The topological polar surface area (TPSA) is 146 Å². The van der Waals surface area contributed by atoms with Crippen molar-refractivity contribution < 1.29 is 29.5 Å². The Kier molecular flexibility index (Phi) is 10.0. The molecule has 2 bridgehead atoms. The van der Waals surface area contributed by atoms with Crippen molar-refractivity contribution in [2.45, 2.75) is 80.7 Å². The molecule has 6 aromatic rings. The molecule has 1 saturated carbocycles. The molecule has 3 N–H and O–H groups in total. The van der Waals surface area contributed by atoms with Gasteiger partial charge in [0, 0.05) is 58.8 Å². The van der Waals surface area contributed by atoms with E-state index in [-0.39, 0.29) is 36.6 Å². The van der Waals surface area contributed by atoms with Crippen LogP contribution in [-0.2, 0) is 6.61 Å². The van der Waals surface area contributed by atoms with Crippen molar-refractivity contribution in [1.82, 2.24) is 30.0 Å². The van der Waals surface area contributed by atoms with E-state index in [1.54, 1.807) is 25.5 Å². The SMILES string of the molecule is C=CC1(O)CN2CCC1C[C@@H]2[C@@H](Oc1nnc(O[C@H](c2ccnc3ccc(CO)cc23)[C@@H](C)N2CC[C@@H]3C2CC3(O)C=C)c2ccccc12)c1ccnc2ccc(OC)cc12. The molecule has 12 nitrogen and oxygen atoms in total. The van der Waals surface area contributed by atoms with Crippen molar-refractivity contribution in [3.8, 4) is 17.5 Å². The first kappa shape index (κ1) is 39.6. The smallest absolute Gasteiger partial charge is 0.242 e. The molecule has 7 heterocycles. The van der Waals surface area contributed by atoms with Gasteiger partial charge in [0.2, 0.25) is 11.8 Å². The summed E-state index contributed by atoms with van der Waals surface area (Å²) in [5.74, 6) is 1.58. The molecule has 12 heteroatoms. The monoisotopic (exact) mass is 820 g/mol. The van der Waals surface area contributed by atoms with Crippen LogP contribution in [0.1, 0.15) is 61.5 Å². The van der Waals surface area contributed by atoms with Crippen LogP contribution in [0.4, 0.5) is 0 Å². The molecule has 11 rings (SSSR count). The summed E-state index contributed by atoms with van der Waals surface area (Å²) in [7, 11) is 1.66. The molecule has 0 radical (unpaired) electrons. The number of piperidine rings is 3. The van der Waals surface area contributed by atoms with Gasteiger partial charge in [-0.2, -0.15) is 0 Å². The standard InChI is InChI=1S/C49H52N6O6/c1-5-48(57)26-43-39(48)18-22-55(43)29(3)44(33-15-19-50-40-13-11-30(27-56)23-37(33)40)60-46-35-9-7-8-10-36(35)47(53-52-46)61-45(42-24-31-17-21-54(42)28-49(31,58)6-2)34-16-20-51-41-14-12-32(59-4)25-38(34)41/h5-16,19-20,23,25,29,31,39,42-45,56-58H,1-2,17-18,21-22,24,26-28H2,3-4H3/t29-,31?,39-,42-,43?,44+,45+,48?,49?/m1/s1. The lowest BCUT2D eigenvalue weighted by Gasteiger charge is -2.54. The van der Waals surface area contributed by atoms with Gasteiger partial charge in [-0.15, -0.1) is 23.4 Å². The Morgan fingerprint density at radius 1 is 0.820 bits per heavy atom. The summed E-state index contributed by atoms with van der Waals surface area (Å²) >= 11 is 0. The first-order valence-electron chi connectivity index (χ1n) is 21.4. The zero-order valence-corrected chi connectivity index (χ0v) is 34.6. The van der Waals surface area contributed by atoms with Crippen molar-refractivity contribution in [1.29, 1.82) is 0 Å². The van der Waals surface area contributed by atoms with E-state index in [0.717, 1.165) is 80.9 Å². The van der Waals surface area contributed by atoms with E-state index in [1.807, 2.05) is 79.0 Å². The van der Waals surface area contributed by atoms with Crippen LogP contribution < -0.4 is 14.2 Å². The summed E-state index contributed by atoms with van der Waals surface area (Å²) in [4.78, 5) is 14.1. The van der Waals surface area contributed by atoms with Gasteiger partial charge in [0.05, 0.1) is 52.8 Å². The Labute approximate surface area is 355 Å². The zero-order chi connectivity index (χ0) is 42.0. The zero-order valence-electron chi connectivity index (χ0n) is 34.6. The van der Waals surface area contributed by atoms with E-state index in [9.17, 15) is 15.3 Å². The number of ether oxygens (including phenoxy) is 3. The van der Waals surface area contributed by atoms with Gasteiger partial charge in [-0.05, 0) is 112 Å². The molecule has 0 amide bonds. The Morgan fingerprint density at radius 2 is 1.51 bits per heavy atom. The molecule has 4 aliphatic heterocycles. The molecular weight excluding hydrogens is 769 g/mol. The molecule has 5 fully saturated rings. The number of aliphatic hydroxyl groups is 3. The second-order valence-electron chi connectivity index (χ2n) is 17.4. The van der Waals surface area contributed by atoms with Gasteiger partial charge in [0.1, 0.15) is 18.0 Å². The summed E-state index contributed by atoms with van der Waals surface area (Å²) < 4.78 is 20.0. The molecule has 5 aliphatic rings. The number of rotatable bonds is 13. The van der Waals surface area contributed by atoms with E-state index in [1.165, 1.54) is 0 Å². The highest BCUT2D eigenvalue weighted by atomic mass is 16.5. The van der Waals surface area contributed by atoms with Crippen LogP contribution in [-0.4, -0.2) is 101 Å². The minimum Gasteiger partial charge on any atom is -0.497 e. The van der Waals surface area contributed by atoms with Crippen molar-refractivity contribution in [2.24, 2.45) is 11.8 Å². The fourth-order valence-corrected chi connectivity index (χ4v) is 11.0. The third kappa shape index (κ3) is 6.63. The number of aliphatic hydroxyl groups excluding tert-OH is 1. The van der Waals surface area contributed by atoms with E-state index >= 15 is 0 Å². The molecule has 0 spiro atoms. The van der Waals surface area contributed by atoms with Gasteiger partial charge in [-0.3, -0.25) is 19.8 Å². The first-order chi connectivity index (χ1) is 29.6. The highest BCUT2D eigenvalue weighted by Gasteiger charge is 2.58. The summed E-state index contributed by atoms with van der Waals surface area (Å²) in [5, 5.41) is 45.9. The first-order valence-corrected chi connectivity index (χ1v) is 21.4. The number of hydrogen-bond acceptors (Lipinski definition) is 12. The Bertz CT molecular complexity index is 2660. The highest BCUT2D eigenvalue weighted by molar-refractivity contribution is 5.91. The van der Waals surface area contributed by atoms with Gasteiger partial charge < -0.3 is 29.5 Å². The molecule has 314 valence electrons. The average molecular weight is 821 g/mol. The maximum absolute atomic E-state index is 11.6. The number of fused-ring (bicyclic) bond motifs is 7. The van der Waals surface area contributed by atoms with Crippen LogP contribution >= 0.6 is 0 Å². The van der Waals surface area contributed by atoms with E-state index in [4.69, 9.17) is 24.4 Å². The maximum atomic E-state index is 11.6. The van der Waals surface area contributed by atoms with Crippen molar-refractivity contribution >= 4 is 32.6 Å². The van der Waals surface area contributed by atoms with Gasteiger partial charge >= 0.3 is 0 Å². The molecule has 61 heavy (non-hydrogen) atoms. The van der Waals surface area contributed by atoms with E-state index < -0.39 is 23.4 Å². The lowest BCUT2D eigenvalue weighted by atomic mass is 9.65. The quantitative estimate of drug-likeness (QED) is 0.105. The summed E-state index contributed by atoms with van der Waals surface area (Å²) in [6.45, 7) is 12.1. The number of benzene rings is 3. The second kappa shape index (κ2) is 15.4. The fraction of sp³-hybridized carbons (Fsp3) is 0.388. The Hall–Kier alpha value is -5.50. The number of hydrogen-bond donors (Lipinski definition) is 3. The summed E-state index contributed by atoms with van der Waals surface area (Å²) in [5.41, 5.74) is 2.43. The second-order valence-corrected chi connectivity index (χ2v) is 17.4. The third-order valence-electron chi connectivity index (χ3n) is 14.4. The number of methoxy groups -OCH3 is 1. The lowest BCUT2D eigenvalue weighted by Crippen LogP contribution is -2.63. The minimum atomic E-state index is -0.969. The maximum Gasteiger partial charge on any atom is 0.242 e. The van der Waals surface area contributed by atoms with Gasteiger partial charge in [0.25, 0.3) is 0 Å². The molecule has 3 aromatic heterocycles. The molecule has 1 aliphatic carbocycles. The summed E-state index contributed by atoms with van der Waals surface area (Å²) in [6.07, 6.45) is 9.03. The van der Waals surface area contributed by atoms with Gasteiger partial charge in [-0.1, -0.05) is 30.4 Å². The predicted octanol–water partition coefficient (Wildman–Crippen LogP) is 6.88. The van der Waals surface area contributed by atoms with E-state index in [0.29, 0.717) is 31.1 Å². The number of aromatic nitrogens is 4. The Morgan fingerprint density at radius 3 is 2.18 bits per heavy atom. The normalized spacial score (nSPS) is 28.5. The van der Waals surface area contributed by atoms with E-state index in [2.05, 4.69) is 39.8 Å². The van der Waals surface area contributed by atoms with Crippen LogP contribution in [0.2, 0.25) is 0 Å². The van der Waals surface area contributed by atoms with Crippen molar-refractivity contribution in [3.05, 3.63) is 127 Å². The largest absolute Gasteiger partial charge is 0.497 e. The van der Waals surface area contributed by atoms with Gasteiger partial charge in [0.15, 0.2) is 0 Å². The van der Waals surface area contributed by atoms with Crippen molar-refractivity contribution in [3.63, 3.8) is 0 Å². The summed E-state index contributed by atoms with van der Waals surface area (Å²) in [6, 6.07) is 23.5. The highest BCUT2D eigenvalue weighted by Crippen LogP contribution is 2.51. The van der Waals surface area contributed by atoms with Crippen molar-refractivity contribution in [2.75, 3.05) is 26.7 Å². The number of likely N-dealkylation sites (tertiary alicyclic amines) is 1. The lowest BCUT2D eigenvalue weighted by molar-refractivity contribution is -0.124. The van der Waals surface area contributed by atoms with Crippen LogP contribution in [0, 0.1) is 11.8 Å². The molecule has 3 aromatic carbocycles. The Balaban J connectivity index is 1.06. The fourth-order valence-electron chi connectivity index (χ4n) is 11.0. The molecule has 4 saturated heterocycles. The molecular formula is C49H52N6O6. The molecule has 5 unspecified atom stereocenters. The molecule has 10 atom stereocenters. The predicted molar refractivity (Wildman–Crippen MR) is 233 cm³/mol. The van der Waals surface area contributed by atoms with Crippen LogP contribution in [0.25, 0.3) is 32.6 Å².